The van der Waals surface area contributed by atoms with Gasteiger partial charge in [0.25, 0.3) is 0 Å². The first-order valence-corrected chi connectivity index (χ1v) is 7.74. The first-order valence-electron chi connectivity index (χ1n) is 7.74. The van der Waals surface area contributed by atoms with E-state index >= 15 is 0 Å². The second-order valence-electron chi connectivity index (χ2n) is 6.06. The Labute approximate surface area is 148 Å². The highest BCUT2D eigenvalue weighted by Crippen LogP contribution is 2.21. The topological polar surface area (TPSA) is 78.2 Å². The Kier molecular flexibility index (Phi) is 3.65. The second-order valence-corrected chi connectivity index (χ2v) is 6.06. The van der Waals surface area contributed by atoms with Gasteiger partial charge < -0.3 is 5.73 Å². The Morgan fingerprint density at radius 1 is 1.00 bits per heavy atom. The molecule has 0 saturated heterocycles. The number of aromatic nitrogens is 4. The van der Waals surface area contributed by atoms with E-state index in [1.165, 1.54) is 6.92 Å². The van der Waals surface area contributed by atoms with Gasteiger partial charge in [-0.25, -0.2) is 36.4 Å². The van der Waals surface area contributed by atoms with Gasteiger partial charge in [-0.15, -0.1) is 5.10 Å². The van der Waals surface area contributed by atoms with Crippen LogP contribution in [0.5, 0.6) is 0 Å². The molecule has 0 radical (unpaired) electrons. The zero-order chi connectivity index (χ0) is 19.5. The van der Waals surface area contributed by atoms with E-state index in [-0.39, 0.29) is 28.1 Å². The van der Waals surface area contributed by atoms with Crippen LogP contribution >= 0.6 is 0 Å². The van der Waals surface area contributed by atoms with Crippen LogP contribution in [-0.4, -0.2) is 19.2 Å². The minimum Gasteiger partial charge on any atom is -0.381 e. The lowest BCUT2D eigenvalue weighted by molar-refractivity contribution is 0.510. The van der Waals surface area contributed by atoms with E-state index in [2.05, 4.69) is 10.1 Å². The summed E-state index contributed by atoms with van der Waals surface area (Å²) in [4.78, 5) is 16.6. The van der Waals surface area contributed by atoms with Gasteiger partial charge in [0.1, 0.15) is 11.6 Å². The average Bonchev–Trinajstić information content (AvgIpc) is 2.91. The normalized spacial score (nSPS) is 11.6. The van der Waals surface area contributed by atoms with Crippen molar-refractivity contribution in [3.63, 3.8) is 0 Å². The fourth-order valence-electron chi connectivity index (χ4n) is 2.90. The summed E-state index contributed by atoms with van der Waals surface area (Å²) in [6.07, 6.45) is 0. The Hall–Kier alpha value is -3.43. The smallest absolute Gasteiger partial charge is 0.351 e. The highest BCUT2D eigenvalue weighted by molar-refractivity contribution is 5.81. The third-order valence-electron chi connectivity index (χ3n) is 4.16. The van der Waals surface area contributed by atoms with Crippen LogP contribution in [0.3, 0.4) is 0 Å². The van der Waals surface area contributed by atoms with Crippen LogP contribution < -0.4 is 11.4 Å². The van der Waals surface area contributed by atoms with Crippen molar-refractivity contribution in [1.29, 1.82) is 0 Å². The zero-order valence-corrected chi connectivity index (χ0v) is 13.8. The Morgan fingerprint density at radius 2 is 1.63 bits per heavy atom. The molecule has 0 bridgehead atoms. The molecule has 2 N–H and O–H groups in total. The van der Waals surface area contributed by atoms with Gasteiger partial charge in [-0.05, 0) is 24.6 Å². The molecule has 0 aliphatic rings. The Morgan fingerprint density at radius 3 is 2.30 bits per heavy atom. The van der Waals surface area contributed by atoms with Gasteiger partial charge in [0, 0.05) is 17.7 Å². The highest BCUT2D eigenvalue weighted by Gasteiger charge is 2.19. The van der Waals surface area contributed by atoms with Crippen molar-refractivity contribution in [3.05, 3.63) is 69.1 Å². The van der Waals surface area contributed by atoms with E-state index < -0.39 is 35.5 Å². The van der Waals surface area contributed by atoms with Gasteiger partial charge in [0.2, 0.25) is 5.65 Å². The number of nitrogens with two attached hydrogens (primary N) is 1. The maximum atomic E-state index is 14.1. The van der Waals surface area contributed by atoms with E-state index in [4.69, 9.17) is 5.73 Å². The molecule has 10 heteroatoms. The predicted molar refractivity (Wildman–Crippen MR) is 89.3 cm³/mol. The Bertz CT molecular complexity index is 1270. The van der Waals surface area contributed by atoms with Crippen LogP contribution in [0, 0.1) is 30.2 Å². The highest BCUT2D eigenvalue weighted by atomic mass is 19.2. The lowest BCUT2D eigenvalue weighted by Crippen LogP contribution is -2.23. The van der Waals surface area contributed by atoms with Crippen molar-refractivity contribution in [3.8, 4) is 0 Å². The number of halogens is 4. The molecule has 4 rings (SSSR count). The van der Waals surface area contributed by atoms with Crippen LogP contribution in [0.15, 0.2) is 29.1 Å². The molecule has 0 saturated carbocycles. The van der Waals surface area contributed by atoms with Gasteiger partial charge >= 0.3 is 5.69 Å². The second kappa shape index (κ2) is 5.79. The van der Waals surface area contributed by atoms with Crippen molar-refractivity contribution in [1.82, 2.24) is 19.2 Å². The minimum absolute atomic E-state index is 0.0618. The van der Waals surface area contributed by atoms with E-state index in [0.29, 0.717) is 5.56 Å². The van der Waals surface area contributed by atoms with Crippen LogP contribution in [0.2, 0.25) is 0 Å². The van der Waals surface area contributed by atoms with Crippen molar-refractivity contribution < 1.29 is 17.6 Å². The molecule has 6 nitrogen and oxygen atoms in total. The summed E-state index contributed by atoms with van der Waals surface area (Å²) in [5.74, 6) is -4.22. The van der Waals surface area contributed by atoms with Crippen molar-refractivity contribution in [2.75, 3.05) is 5.73 Å². The fraction of sp³-hybridized carbons (Fsp3) is 0.118. The molecular weight excluding hydrogens is 366 g/mol. The number of rotatable bonds is 2. The summed E-state index contributed by atoms with van der Waals surface area (Å²) in [6.45, 7) is 1.02. The molecule has 0 amide bonds. The number of anilines is 1. The molecule has 27 heavy (non-hydrogen) atoms. The molecular formula is C17H11F4N5O. The van der Waals surface area contributed by atoms with E-state index in [1.807, 2.05) is 0 Å². The van der Waals surface area contributed by atoms with Gasteiger partial charge in [0.15, 0.2) is 17.5 Å². The Balaban J connectivity index is 1.98. The maximum Gasteiger partial charge on any atom is 0.351 e. The van der Waals surface area contributed by atoms with E-state index in [0.717, 1.165) is 33.3 Å². The summed E-state index contributed by atoms with van der Waals surface area (Å²) in [7, 11) is 0. The molecule has 2 aromatic heterocycles. The van der Waals surface area contributed by atoms with E-state index in [1.54, 1.807) is 0 Å². The number of nitrogen functional groups attached to an aromatic ring is 1. The zero-order valence-electron chi connectivity index (χ0n) is 13.8. The lowest BCUT2D eigenvalue weighted by Gasteiger charge is -2.05. The standard InChI is InChI=1S/C17H11F4N5O/c1-7-2-9(18)8(10(19)3-7)6-25-17(27)26-14-5-12(21)11(20)4-13(14)23-15(22)16(26)24-25/h2-5H,6H2,1H3,(H2,22,23). The molecule has 4 aromatic rings. The lowest BCUT2D eigenvalue weighted by atomic mass is 10.1. The summed E-state index contributed by atoms with van der Waals surface area (Å²) >= 11 is 0. The van der Waals surface area contributed by atoms with Gasteiger partial charge in [-0.3, -0.25) is 0 Å². The number of aryl methyl sites for hydroxylation is 1. The molecule has 0 aliphatic carbocycles. The maximum absolute atomic E-state index is 14.1. The quantitative estimate of drug-likeness (QED) is 0.545. The van der Waals surface area contributed by atoms with E-state index in [9.17, 15) is 22.4 Å². The van der Waals surface area contributed by atoms with Gasteiger partial charge in [0.05, 0.1) is 17.6 Å². The monoisotopic (exact) mass is 377 g/mol. The third-order valence-corrected chi connectivity index (χ3v) is 4.16. The average molecular weight is 377 g/mol. The first kappa shape index (κ1) is 17.0. The first-order chi connectivity index (χ1) is 12.8. The summed E-state index contributed by atoms with van der Waals surface area (Å²) in [5.41, 5.74) is 4.69. The van der Waals surface area contributed by atoms with Crippen molar-refractivity contribution in [2.24, 2.45) is 0 Å². The minimum atomic E-state index is -1.19. The van der Waals surface area contributed by atoms with Crippen LogP contribution in [0.4, 0.5) is 23.4 Å². The largest absolute Gasteiger partial charge is 0.381 e. The van der Waals surface area contributed by atoms with Gasteiger partial charge in [-0.1, -0.05) is 0 Å². The molecule has 0 fully saturated rings. The molecule has 2 heterocycles. The number of nitrogens with zero attached hydrogens (tertiary/aromatic N) is 4. The van der Waals surface area contributed by atoms with Crippen LogP contribution in [0.25, 0.3) is 16.7 Å². The molecule has 0 unspecified atom stereocenters. The predicted octanol–water partition coefficient (Wildman–Crippen LogP) is 2.54. The van der Waals surface area contributed by atoms with Crippen LogP contribution in [0.1, 0.15) is 11.1 Å². The number of benzene rings is 2. The van der Waals surface area contributed by atoms with Crippen LogP contribution in [-0.2, 0) is 6.54 Å². The van der Waals surface area contributed by atoms with Gasteiger partial charge in [-0.2, -0.15) is 0 Å². The van der Waals surface area contributed by atoms with Crippen molar-refractivity contribution in [2.45, 2.75) is 13.5 Å². The third kappa shape index (κ3) is 2.60. The summed E-state index contributed by atoms with van der Waals surface area (Å²) in [6, 6.07) is 3.83. The molecule has 0 aliphatic heterocycles. The summed E-state index contributed by atoms with van der Waals surface area (Å²) < 4.78 is 57.0. The molecule has 0 spiro atoms. The van der Waals surface area contributed by atoms with Crippen molar-refractivity contribution >= 4 is 22.5 Å². The number of hydrogen-bond acceptors (Lipinski definition) is 4. The number of fused-ring (bicyclic) bond motifs is 3. The molecule has 0 atom stereocenters. The summed E-state index contributed by atoms with van der Waals surface area (Å²) in [5, 5.41) is 3.94. The molecule has 138 valence electrons. The number of hydrogen-bond donors (Lipinski definition) is 1. The fourth-order valence-corrected chi connectivity index (χ4v) is 2.90. The molecule has 2 aromatic carbocycles. The SMILES string of the molecule is Cc1cc(F)c(Cn2nc3c(N)nc4cc(F)c(F)cc4n3c2=O)c(F)c1.